The number of ether oxygens (including phenoxy) is 2. The van der Waals surface area contributed by atoms with Gasteiger partial charge >= 0.3 is 12.1 Å². The quantitative estimate of drug-likeness (QED) is 0.376. The largest absolute Gasteiger partial charge is 0.522 e. The van der Waals surface area contributed by atoms with Gasteiger partial charge in [0.1, 0.15) is 12.3 Å². The van der Waals surface area contributed by atoms with Crippen LogP contribution in [0.1, 0.15) is 31.7 Å². The van der Waals surface area contributed by atoms with E-state index < -0.39 is 17.6 Å². The van der Waals surface area contributed by atoms with Gasteiger partial charge in [-0.3, -0.25) is 9.59 Å². The zero-order chi connectivity index (χ0) is 24.9. The number of nitrogens with zero attached hydrogens (tertiary/aromatic N) is 1. The maximum Gasteiger partial charge on any atom is 0.522 e. The number of carbonyl (C=O) groups is 3. The molecule has 2 aromatic carbocycles. The number of nitrogens with one attached hydrogen (secondary N) is 1. The van der Waals surface area contributed by atoms with Crippen molar-refractivity contribution in [1.29, 1.82) is 0 Å². The molecule has 0 aliphatic carbocycles. The molecule has 2 unspecified atom stereocenters. The summed E-state index contributed by atoms with van der Waals surface area (Å²) < 4.78 is 10.6. The van der Waals surface area contributed by atoms with Gasteiger partial charge in [0, 0.05) is 36.5 Å². The summed E-state index contributed by atoms with van der Waals surface area (Å²) in [6.07, 6.45) is 0.0769. The van der Waals surface area contributed by atoms with Gasteiger partial charge in [0.2, 0.25) is 0 Å². The smallest absolute Gasteiger partial charge is 0.497 e. The van der Waals surface area contributed by atoms with Crippen molar-refractivity contribution in [1.82, 2.24) is 5.32 Å². The van der Waals surface area contributed by atoms with Gasteiger partial charge in [-0.2, -0.15) is 4.79 Å². The van der Waals surface area contributed by atoms with E-state index in [4.69, 9.17) is 37.8 Å². The lowest BCUT2D eigenvalue weighted by Crippen LogP contribution is -2.79. The highest BCUT2D eigenvalue weighted by Crippen LogP contribution is 2.43. The number of carbonyl (C=O) groups excluding carboxylic acids is 2. The summed E-state index contributed by atoms with van der Waals surface area (Å²) in [6.45, 7) is 2.51. The molecular weight excluding hydrogens is 483 g/mol. The second-order valence-corrected chi connectivity index (χ2v) is 9.26. The molecule has 1 aliphatic rings. The van der Waals surface area contributed by atoms with Gasteiger partial charge in [0.15, 0.2) is 11.3 Å². The van der Waals surface area contributed by atoms with Crippen LogP contribution in [-0.2, 0) is 16.1 Å². The maximum absolute atomic E-state index is 13.6. The number of hydrogen-bond donors (Lipinski definition) is 2. The zero-order valence-corrected chi connectivity index (χ0v) is 20.5. The summed E-state index contributed by atoms with van der Waals surface area (Å²) in [5.74, 6) is -0.589. The fourth-order valence-electron chi connectivity index (χ4n) is 4.04. The van der Waals surface area contributed by atoms with Gasteiger partial charge in [0.25, 0.3) is 5.91 Å². The SMILES string of the molecule is COc1ccc(OC(=O)[N+]2(Cc3ccc(Cl)cc3)CCC2(C)C(=O)NCCCC(=O)O)c(Cl)c1. The van der Waals surface area contributed by atoms with E-state index in [9.17, 15) is 14.4 Å². The van der Waals surface area contributed by atoms with Gasteiger partial charge in [0.05, 0.1) is 25.1 Å². The lowest BCUT2D eigenvalue weighted by molar-refractivity contribution is -0.950. The van der Waals surface area contributed by atoms with Crippen LogP contribution in [-0.4, -0.2) is 53.3 Å². The first-order chi connectivity index (χ1) is 16.1. The number of halogens is 2. The molecule has 0 radical (unpaired) electrons. The van der Waals surface area contributed by atoms with Crippen LogP contribution in [0.25, 0.3) is 0 Å². The van der Waals surface area contributed by atoms with Crippen molar-refractivity contribution < 1.29 is 33.4 Å². The third kappa shape index (κ3) is 5.29. The van der Waals surface area contributed by atoms with E-state index in [1.165, 1.54) is 13.2 Å². The van der Waals surface area contributed by atoms with E-state index in [1.54, 1.807) is 43.3 Å². The average Bonchev–Trinajstić information content (AvgIpc) is 2.80. The third-order valence-corrected chi connectivity index (χ3v) is 6.87. The Morgan fingerprint density at radius 2 is 1.85 bits per heavy atom. The molecule has 2 N–H and O–H groups in total. The van der Waals surface area contributed by atoms with Crippen LogP contribution in [0.5, 0.6) is 11.5 Å². The number of amides is 2. The molecule has 0 spiro atoms. The molecule has 8 nitrogen and oxygen atoms in total. The molecule has 2 amide bonds. The van der Waals surface area contributed by atoms with E-state index in [-0.39, 0.29) is 40.7 Å². The summed E-state index contributed by atoms with van der Waals surface area (Å²) in [7, 11) is 1.50. The summed E-state index contributed by atoms with van der Waals surface area (Å²) >= 11 is 12.3. The van der Waals surface area contributed by atoms with Crippen molar-refractivity contribution >= 4 is 41.2 Å². The number of quaternary nitrogens is 1. The minimum absolute atomic E-state index is 0.0558. The standard InChI is InChI=1S/C24H26Cl2N2O6/c1-24(22(31)27-12-3-4-21(29)30)11-13-28(24,15-16-5-7-17(25)8-6-16)23(32)34-20-10-9-18(33-2)14-19(20)26/h5-10,14H,3-4,11-13,15H2,1-2H3,(H-,27,29,30,31)/p+1. The van der Waals surface area contributed by atoms with Crippen LogP contribution in [0.2, 0.25) is 10.0 Å². The average molecular weight is 510 g/mol. The number of rotatable bonds is 9. The highest BCUT2D eigenvalue weighted by Gasteiger charge is 2.67. The van der Waals surface area contributed by atoms with E-state index in [1.807, 2.05) is 0 Å². The molecule has 10 heteroatoms. The number of likely N-dealkylation sites (tertiary alicyclic amines) is 1. The molecule has 1 fully saturated rings. The van der Waals surface area contributed by atoms with Crippen LogP contribution in [0.4, 0.5) is 4.79 Å². The number of carboxylic acids is 1. The van der Waals surface area contributed by atoms with Crippen molar-refractivity contribution in [3.63, 3.8) is 0 Å². The Morgan fingerprint density at radius 1 is 1.15 bits per heavy atom. The summed E-state index contributed by atoms with van der Waals surface area (Å²) in [5, 5.41) is 12.4. The first kappa shape index (κ1) is 25.8. The molecule has 3 rings (SSSR count). The Hall–Kier alpha value is -2.81. The van der Waals surface area contributed by atoms with E-state index >= 15 is 0 Å². The molecular formula is C24H27Cl2N2O6+. The van der Waals surface area contributed by atoms with Gasteiger partial charge in [-0.15, -0.1) is 0 Å². The monoisotopic (exact) mass is 509 g/mol. The van der Waals surface area contributed by atoms with Crippen molar-refractivity contribution in [2.45, 2.75) is 38.3 Å². The van der Waals surface area contributed by atoms with Crippen LogP contribution in [0.3, 0.4) is 0 Å². The molecule has 2 aromatic rings. The van der Waals surface area contributed by atoms with Crippen molar-refractivity contribution in [2.24, 2.45) is 0 Å². The fraction of sp³-hybridized carbons (Fsp3) is 0.375. The van der Waals surface area contributed by atoms with E-state index in [2.05, 4.69) is 5.32 Å². The molecule has 182 valence electrons. The molecule has 0 saturated carbocycles. The van der Waals surface area contributed by atoms with Crippen molar-refractivity contribution in [3.8, 4) is 11.5 Å². The van der Waals surface area contributed by atoms with Gasteiger partial charge in [-0.25, -0.2) is 4.48 Å². The number of carboxylic acid groups (broad SMARTS) is 1. The highest BCUT2D eigenvalue weighted by atomic mass is 35.5. The van der Waals surface area contributed by atoms with E-state index in [0.717, 1.165) is 5.56 Å². The molecule has 34 heavy (non-hydrogen) atoms. The Morgan fingerprint density at radius 3 is 2.41 bits per heavy atom. The molecule has 0 aromatic heterocycles. The zero-order valence-electron chi connectivity index (χ0n) is 19.0. The normalized spacial score (nSPS) is 21.3. The predicted molar refractivity (Wildman–Crippen MR) is 127 cm³/mol. The fourth-order valence-corrected chi connectivity index (χ4v) is 4.38. The summed E-state index contributed by atoms with van der Waals surface area (Å²) in [5.41, 5.74) is -0.300. The number of methoxy groups -OCH3 is 1. The summed E-state index contributed by atoms with van der Waals surface area (Å²) in [4.78, 5) is 37.6. The Labute approximate surface area is 207 Å². The van der Waals surface area contributed by atoms with E-state index in [0.29, 0.717) is 30.2 Å². The van der Waals surface area contributed by atoms with Crippen LogP contribution in [0, 0.1) is 0 Å². The highest BCUT2D eigenvalue weighted by molar-refractivity contribution is 6.32. The van der Waals surface area contributed by atoms with Gasteiger partial charge in [-0.05, 0) is 30.7 Å². The topological polar surface area (TPSA) is 102 Å². The number of aliphatic carboxylic acids is 1. The second kappa shape index (κ2) is 10.6. The minimum atomic E-state index is -1.11. The van der Waals surface area contributed by atoms with Crippen molar-refractivity contribution in [3.05, 3.63) is 58.1 Å². The number of benzene rings is 2. The van der Waals surface area contributed by atoms with Crippen LogP contribution < -0.4 is 14.8 Å². The first-order valence-electron chi connectivity index (χ1n) is 10.8. The van der Waals surface area contributed by atoms with Crippen LogP contribution in [0.15, 0.2) is 42.5 Å². The van der Waals surface area contributed by atoms with Gasteiger partial charge < -0.3 is 19.9 Å². The Kier molecular flexibility index (Phi) is 8.07. The molecule has 0 bridgehead atoms. The predicted octanol–water partition coefficient (Wildman–Crippen LogP) is 4.66. The lowest BCUT2D eigenvalue weighted by Gasteiger charge is -2.54. The first-order valence-corrected chi connectivity index (χ1v) is 11.5. The maximum atomic E-state index is 13.6. The second-order valence-electron chi connectivity index (χ2n) is 8.42. The lowest BCUT2D eigenvalue weighted by atomic mass is 9.81. The third-order valence-electron chi connectivity index (χ3n) is 6.32. The number of hydrogen-bond acceptors (Lipinski definition) is 5. The Balaban J connectivity index is 1.88. The molecule has 1 aliphatic heterocycles. The molecule has 2 atom stereocenters. The summed E-state index contributed by atoms with van der Waals surface area (Å²) in [6, 6.07) is 11.8. The minimum Gasteiger partial charge on any atom is -0.497 e. The van der Waals surface area contributed by atoms with Crippen molar-refractivity contribution in [2.75, 3.05) is 20.2 Å². The molecule has 1 heterocycles. The Bertz CT molecular complexity index is 1080. The van der Waals surface area contributed by atoms with Gasteiger partial charge in [-0.1, -0.05) is 35.3 Å². The van der Waals surface area contributed by atoms with Crippen LogP contribution >= 0.6 is 23.2 Å². The molecule has 1 saturated heterocycles.